The molecule has 0 bridgehead atoms. The third kappa shape index (κ3) is 3.88. The first-order valence-corrected chi connectivity index (χ1v) is 6.51. The maximum absolute atomic E-state index is 5.38. The summed E-state index contributed by atoms with van der Waals surface area (Å²) < 4.78 is 15.7. The van der Waals surface area contributed by atoms with E-state index in [4.69, 9.17) is 14.2 Å². The molecule has 2 heterocycles. The van der Waals surface area contributed by atoms with Crippen LogP contribution in [0.1, 0.15) is 11.1 Å². The first kappa shape index (κ1) is 14.2. The lowest BCUT2D eigenvalue weighted by Crippen LogP contribution is -2.15. The van der Waals surface area contributed by atoms with Gasteiger partial charge in [-0.05, 0) is 43.2 Å². The second-order valence-electron chi connectivity index (χ2n) is 4.55. The van der Waals surface area contributed by atoms with Gasteiger partial charge in [0.15, 0.2) is 11.5 Å². The van der Waals surface area contributed by atoms with Crippen molar-refractivity contribution in [3.63, 3.8) is 0 Å². The van der Waals surface area contributed by atoms with Crippen LogP contribution in [0, 0.1) is 13.8 Å². The van der Waals surface area contributed by atoms with Gasteiger partial charge in [-0.2, -0.15) is 0 Å². The van der Waals surface area contributed by atoms with Crippen molar-refractivity contribution >= 4 is 0 Å². The number of aryl methyl sites for hydroxylation is 2. The van der Waals surface area contributed by atoms with Gasteiger partial charge < -0.3 is 14.2 Å². The molecule has 4 nitrogen and oxygen atoms in total. The Morgan fingerprint density at radius 3 is 2.35 bits per heavy atom. The van der Waals surface area contributed by atoms with Crippen LogP contribution in [0.3, 0.4) is 0 Å². The third-order valence-electron chi connectivity index (χ3n) is 2.78. The average Bonchev–Trinajstić information content (AvgIpc) is 2.47. The predicted molar refractivity (Wildman–Crippen MR) is 77.7 cm³/mol. The fourth-order valence-electron chi connectivity index (χ4n) is 1.79. The lowest BCUT2D eigenvalue weighted by molar-refractivity contribution is 0.171. The van der Waals surface area contributed by atoms with Gasteiger partial charge in [0.1, 0.15) is 19.0 Å². The lowest BCUT2D eigenvalue weighted by Gasteiger charge is -2.18. The Kier molecular flexibility index (Phi) is 4.82. The highest BCUT2D eigenvalue weighted by atomic mass is 16.6. The summed E-state index contributed by atoms with van der Waals surface area (Å²) in [4.78, 5) is 3.93. The summed E-state index contributed by atoms with van der Waals surface area (Å²) in [6.45, 7) is 5.35. The number of ether oxygens (including phenoxy) is 3. The molecule has 0 spiro atoms. The summed E-state index contributed by atoms with van der Waals surface area (Å²) in [5.41, 5.74) is 2.32. The highest BCUT2D eigenvalue weighted by Crippen LogP contribution is 2.30. The van der Waals surface area contributed by atoms with E-state index in [0.717, 1.165) is 22.8 Å². The fraction of sp³-hybridized carbons (Fsp3) is 0.312. The summed E-state index contributed by atoms with van der Waals surface area (Å²) in [7, 11) is 1.64. The van der Waals surface area contributed by atoms with Gasteiger partial charge in [-0.3, -0.25) is 4.98 Å². The number of aromatic nitrogens is 1. The van der Waals surface area contributed by atoms with E-state index in [1.165, 1.54) is 5.56 Å². The van der Waals surface area contributed by atoms with E-state index in [0.29, 0.717) is 13.2 Å². The topological polar surface area (TPSA) is 40.6 Å². The molecule has 0 amide bonds. The number of nitrogens with zero attached hydrogens (tertiary/aromatic N) is 1. The molecular weight excluding hydrogens is 254 g/mol. The number of hydrogen-bond donors (Lipinski definition) is 0. The number of rotatable bonds is 1. The standard InChI is InChI=1S/C9H10O2.C7H9NO/c1-7-2-3-8-9(6-7)11-5-4-10-8;1-6-3-7(9-2)5-8-4-6/h2-3,6H,4-5H2,1H3;3-5H,1-2H3. The van der Waals surface area contributed by atoms with Gasteiger partial charge in [-0.1, -0.05) is 6.07 Å². The highest BCUT2D eigenvalue weighted by molar-refractivity contribution is 5.43. The molecule has 0 saturated heterocycles. The summed E-state index contributed by atoms with van der Waals surface area (Å²) in [6, 6.07) is 7.90. The first-order chi connectivity index (χ1) is 9.69. The van der Waals surface area contributed by atoms with Crippen molar-refractivity contribution in [2.45, 2.75) is 13.8 Å². The van der Waals surface area contributed by atoms with Crippen LogP contribution in [0.5, 0.6) is 17.2 Å². The Morgan fingerprint density at radius 2 is 1.70 bits per heavy atom. The van der Waals surface area contributed by atoms with Gasteiger partial charge in [0.05, 0.1) is 13.3 Å². The minimum Gasteiger partial charge on any atom is -0.495 e. The van der Waals surface area contributed by atoms with Gasteiger partial charge in [-0.15, -0.1) is 0 Å². The zero-order chi connectivity index (χ0) is 14.4. The molecule has 0 fully saturated rings. The van der Waals surface area contributed by atoms with Crippen LogP contribution in [0.25, 0.3) is 0 Å². The second kappa shape index (κ2) is 6.80. The zero-order valence-corrected chi connectivity index (χ0v) is 12.1. The van der Waals surface area contributed by atoms with Crippen molar-refractivity contribution in [1.29, 1.82) is 0 Å². The maximum Gasteiger partial charge on any atom is 0.161 e. The van der Waals surface area contributed by atoms with Gasteiger partial charge in [-0.25, -0.2) is 0 Å². The molecule has 20 heavy (non-hydrogen) atoms. The van der Waals surface area contributed by atoms with E-state index in [1.807, 2.05) is 38.1 Å². The number of benzene rings is 1. The van der Waals surface area contributed by atoms with Crippen LogP contribution in [0.4, 0.5) is 0 Å². The van der Waals surface area contributed by atoms with Crippen LogP contribution in [0.2, 0.25) is 0 Å². The Labute approximate surface area is 119 Å². The first-order valence-electron chi connectivity index (χ1n) is 6.51. The monoisotopic (exact) mass is 273 g/mol. The van der Waals surface area contributed by atoms with Crippen molar-refractivity contribution in [2.75, 3.05) is 20.3 Å². The average molecular weight is 273 g/mol. The zero-order valence-electron chi connectivity index (χ0n) is 12.1. The molecule has 4 heteroatoms. The van der Waals surface area contributed by atoms with Crippen LogP contribution < -0.4 is 14.2 Å². The lowest BCUT2D eigenvalue weighted by atomic mass is 10.2. The van der Waals surface area contributed by atoms with E-state index in [2.05, 4.69) is 4.98 Å². The Bertz CT molecular complexity index is 569. The Balaban J connectivity index is 0.000000151. The highest BCUT2D eigenvalue weighted by Gasteiger charge is 2.09. The minimum absolute atomic E-state index is 0.663. The van der Waals surface area contributed by atoms with Crippen molar-refractivity contribution in [2.24, 2.45) is 0 Å². The van der Waals surface area contributed by atoms with E-state index >= 15 is 0 Å². The molecule has 0 aliphatic carbocycles. The molecule has 1 aromatic heterocycles. The summed E-state index contributed by atoms with van der Waals surface area (Å²) in [6.07, 6.45) is 3.48. The van der Waals surface area contributed by atoms with Crippen LogP contribution in [-0.4, -0.2) is 25.3 Å². The smallest absolute Gasteiger partial charge is 0.161 e. The fourth-order valence-corrected chi connectivity index (χ4v) is 1.79. The number of hydrogen-bond acceptors (Lipinski definition) is 4. The van der Waals surface area contributed by atoms with Crippen LogP contribution in [-0.2, 0) is 0 Å². The van der Waals surface area contributed by atoms with Crippen molar-refractivity contribution in [1.82, 2.24) is 4.98 Å². The van der Waals surface area contributed by atoms with E-state index in [-0.39, 0.29) is 0 Å². The molecule has 0 N–H and O–H groups in total. The molecule has 1 aromatic carbocycles. The number of methoxy groups -OCH3 is 1. The van der Waals surface area contributed by atoms with Crippen molar-refractivity contribution in [3.8, 4) is 17.2 Å². The third-order valence-corrected chi connectivity index (χ3v) is 2.78. The quantitative estimate of drug-likeness (QED) is 0.800. The summed E-state index contributed by atoms with van der Waals surface area (Å²) in [5, 5.41) is 0. The van der Waals surface area contributed by atoms with E-state index in [1.54, 1.807) is 19.5 Å². The molecule has 2 aromatic rings. The second-order valence-corrected chi connectivity index (χ2v) is 4.55. The predicted octanol–water partition coefficient (Wildman–Crippen LogP) is 3.16. The van der Waals surface area contributed by atoms with E-state index < -0.39 is 0 Å². The van der Waals surface area contributed by atoms with Gasteiger partial charge in [0.25, 0.3) is 0 Å². The maximum atomic E-state index is 5.38. The van der Waals surface area contributed by atoms with Crippen molar-refractivity contribution < 1.29 is 14.2 Å². The number of fused-ring (bicyclic) bond motifs is 1. The largest absolute Gasteiger partial charge is 0.495 e. The molecule has 0 unspecified atom stereocenters. The van der Waals surface area contributed by atoms with Crippen LogP contribution in [0.15, 0.2) is 36.7 Å². The summed E-state index contributed by atoms with van der Waals surface area (Å²) >= 11 is 0. The van der Waals surface area contributed by atoms with Gasteiger partial charge >= 0.3 is 0 Å². The van der Waals surface area contributed by atoms with Gasteiger partial charge in [0.2, 0.25) is 0 Å². The van der Waals surface area contributed by atoms with Crippen molar-refractivity contribution in [3.05, 3.63) is 47.8 Å². The molecule has 1 aliphatic heterocycles. The minimum atomic E-state index is 0.663. The molecular formula is C16H19NO3. The SMILES string of the molecule is COc1cncc(C)c1.Cc1ccc2c(c1)OCCO2. The molecule has 0 atom stereocenters. The molecule has 0 radical (unpaired) electrons. The Morgan fingerprint density at radius 1 is 0.950 bits per heavy atom. The molecule has 0 saturated carbocycles. The number of pyridine rings is 1. The molecule has 1 aliphatic rings. The van der Waals surface area contributed by atoms with Crippen LogP contribution >= 0.6 is 0 Å². The molecule has 106 valence electrons. The van der Waals surface area contributed by atoms with Gasteiger partial charge in [0, 0.05) is 6.20 Å². The van der Waals surface area contributed by atoms with E-state index in [9.17, 15) is 0 Å². The molecule has 3 rings (SSSR count). The normalized spacial score (nSPS) is 12.2. The Hall–Kier alpha value is -2.23. The summed E-state index contributed by atoms with van der Waals surface area (Å²) in [5.74, 6) is 2.55.